The zero-order valence-electron chi connectivity index (χ0n) is 16.9. The summed E-state index contributed by atoms with van der Waals surface area (Å²) in [5.41, 5.74) is 0.774. The Morgan fingerprint density at radius 1 is 1.21 bits per heavy atom. The van der Waals surface area contributed by atoms with Crippen LogP contribution in [-0.2, 0) is 9.59 Å². The molecule has 0 saturated carbocycles. The van der Waals surface area contributed by atoms with E-state index in [2.05, 4.69) is 0 Å². The predicted octanol–water partition coefficient (Wildman–Crippen LogP) is 4.72. The summed E-state index contributed by atoms with van der Waals surface area (Å²) < 4.78 is 0. The van der Waals surface area contributed by atoms with E-state index in [1.165, 1.54) is 0 Å². The van der Waals surface area contributed by atoms with Gasteiger partial charge in [0.25, 0.3) is 0 Å². The number of carbonyl (C=O) groups is 2. The molecular formula is C24H28O4. The van der Waals surface area contributed by atoms with Crippen LogP contribution in [0.3, 0.4) is 0 Å². The molecule has 2 rings (SSSR count). The molecule has 1 aliphatic carbocycles. The van der Waals surface area contributed by atoms with Gasteiger partial charge in [0.1, 0.15) is 5.60 Å². The van der Waals surface area contributed by atoms with Crippen LogP contribution in [0.2, 0.25) is 0 Å². The minimum atomic E-state index is -1.33. The van der Waals surface area contributed by atoms with Crippen molar-refractivity contribution in [3.05, 3.63) is 76.9 Å². The fourth-order valence-electron chi connectivity index (χ4n) is 3.58. The van der Waals surface area contributed by atoms with Crippen molar-refractivity contribution in [1.82, 2.24) is 0 Å². The fraction of sp³-hybridized carbons (Fsp3) is 0.333. The van der Waals surface area contributed by atoms with Crippen LogP contribution in [0.4, 0.5) is 0 Å². The van der Waals surface area contributed by atoms with Gasteiger partial charge in [0, 0.05) is 23.5 Å². The molecule has 0 radical (unpaired) electrons. The van der Waals surface area contributed by atoms with Crippen LogP contribution >= 0.6 is 0 Å². The van der Waals surface area contributed by atoms with Crippen LogP contribution in [0.15, 0.2) is 71.4 Å². The number of benzene rings is 1. The van der Waals surface area contributed by atoms with Gasteiger partial charge in [-0.25, -0.2) is 4.79 Å². The Kier molecular flexibility index (Phi) is 6.57. The third kappa shape index (κ3) is 4.76. The Balaban J connectivity index is 2.37. The Hall–Kier alpha value is -2.72. The van der Waals surface area contributed by atoms with E-state index in [4.69, 9.17) is 5.11 Å². The molecule has 1 aromatic rings. The largest absolute Gasteiger partial charge is 0.478 e. The van der Waals surface area contributed by atoms with Crippen molar-refractivity contribution >= 4 is 17.8 Å². The topological polar surface area (TPSA) is 74.6 Å². The molecule has 0 amide bonds. The number of allylic oxidation sites excluding steroid dienone is 4. The Morgan fingerprint density at radius 2 is 1.86 bits per heavy atom. The monoisotopic (exact) mass is 380 g/mol. The SMILES string of the molecule is CC1=C(C/C=C/c2ccccc2)C(=O)CC(C)(C)[C@@]1(O)/C=C/C(C)=C\C(=O)O. The molecule has 0 aromatic heterocycles. The molecule has 0 spiro atoms. The van der Waals surface area contributed by atoms with E-state index in [-0.39, 0.29) is 12.2 Å². The number of carbonyl (C=O) groups excluding carboxylic acids is 1. The second-order valence-corrected chi connectivity index (χ2v) is 7.93. The highest BCUT2D eigenvalue weighted by atomic mass is 16.4. The minimum absolute atomic E-state index is 0.0380. The van der Waals surface area contributed by atoms with Crippen molar-refractivity contribution < 1.29 is 19.8 Å². The molecule has 1 atom stereocenters. The fourth-order valence-corrected chi connectivity index (χ4v) is 3.58. The van der Waals surface area contributed by atoms with E-state index in [1.807, 2.05) is 56.3 Å². The smallest absolute Gasteiger partial charge is 0.328 e. The predicted molar refractivity (Wildman–Crippen MR) is 112 cm³/mol. The molecule has 0 unspecified atom stereocenters. The second kappa shape index (κ2) is 8.53. The summed E-state index contributed by atoms with van der Waals surface area (Å²) in [7, 11) is 0. The average Bonchev–Trinajstić information content (AvgIpc) is 2.61. The van der Waals surface area contributed by atoms with E-state index in [1.54, 1.807) is 26.0 Å². The first kappa shape index (κ1) is 21.6. The first-order chi connectivity index (χ1) is 13.1. The third-order valence-corrected chi connectivity index (χ3v) is 5.37. The van der Waals surface area contributed by atoms with Gasteiger partial charge in [-0.3, -0.25) is 4.79 Å². The summed E-state index contributed by atoms with van der Waals surface area (Å²) in [6.45, 7) is 7.15. The summed E-state index contributed by atoms with van der Waals surface area (Å²) >= 11 is 0. The number of aliphatic carboxylic acids is 1. The van der Waals surface area contributed by atoms with Crippen LogP contribution in [0, 0.1) is 5.41 Å². The molecule has 1 aromatic carbocycles. The van der Waals surface area contributed by atoms with E-state index < -0.39 is 17.0 Å². The zero-order valence-corrected chi connectivity index (χ0v) is 16.9. The maximum absolute atomic E-state index is 12.7. The highest BCUT2D eigenvalue weighted by molar-refractivity contribution is 5.98. The molecular weight excluding hydrogens is 352 g/mol. The number of hydrogen-bond acceptors (Lipinski definition) is 3. The molecule has 4 nitrogen and oxygen atoms in total. The van der Waals surface area contributed by atoms with Crippen LogP contribution in [0.25, 0.3) is 6.08 Å². The van der Waals surface area contributed by atoms with Gasteiger partial charge in [-0.05, 0) is 43.1 Å². The van der Waals surface area contributed by atoms with Gasteiger partial charge in [0.05, 0.1) is 0 Å². The van der Waals surface area contributed by atoms with Gasteiger partial charge >= 0.3 is 5.97 Å². The lowest BCUT2D eigenvalue weighted by Gasteiger charge is -2.45. The molecule has 0 bridgehead atoms. The number of carboxylic acids is 1. The van der Waals surface area contributed by atoms with Crippen LogP contribution in [-0.4, -0.2) is 27.6 Å². The standard InChI is InChI=1S/C24H28O4/c1-17(15-22(26)27)13-14-24(28)18(2)20(21(25)16-23(24,3)4)12-8-11-19-9-6-5-7-10-19/h5-11,13-15,28H,12,16H2,1-4H3,(H,26,27)/b11-8+,14-13+,17-15-/t24-/m1/s1. The molecule has 1 aliphatic rings. The number of hydrogen-bond donors (Lipinski definition) is 2. The lowest BCUT2D eigenvalue weighted by atomic mass is 9.62. The zero-order chi connectivity index (χ0) is 20.9. The molecule has 0 fully saturated rings. The van der Waals surface area contributed by atoms with Crippen molar-refractivity contribution in [3.8, 4) is 0 Å². The van der Waals surface area contributed by atoms with Crippen molar-refractivity contribution in [3.63, 3.8) is 0 Å². The molecule has 0 heterocycles. The first-order valence-corrected chi connectivity index (χ1v) is 9.35. The maximum Gasteiger partial charge on any atom is 0.328 e. The molecule has 0 saturated heterocycles. The average molecular weight is 380 g/mol. The lowest BCUT2D eigenvalue weighted by molar-refractivity contribution is -0.131. The Morgan fingerprint density at radius 3 is 2.46 bits per heavy atom. The summed E-state index contributed by atoms with van der Waals surface area (Å²) in [6, 6.07) is 9.83. The Labute approximate surface area is 166 Å². The van der Waals surface area contributed by atoms with Gasteiger partial charge in [-0.2, -0.15) is 0 Å². The summed E-state index contributed by atoms with van der Waals surface area (Å²) in [4.78, 5) is 23.5. The van der Waals surface area contributed by atoms with E-state index >= 15 is 0 Å². The number of ketones is 1. The highest BCUT2D eigenvalue weighted by Gasteiger charge is 2.49. The van der Waals surface area contributed by atoms with Gasteiger partial charge in [0.2, 0.25) is 0 Å². The van der Waals surface area contributed by atoms with Crippen molar-refractivity contribution in [2.24, 2.45) is 5.41 Å². The highest BCUT2D eigenvalue weighted by Crippen LogP contribution is 2.47. The maximum atomic E-state index is 12.7. The van der Waals surface area contributed by atoms with Crippen LogP contribution in [0.5, 0.6) is 0 Å². The summed E-state index contributed by atoms with van der Waals surface area (Å²) in [5, 5.41) is 20.3. The number of Topliss-reactive ketones (excluding diaryl/α,β-unsaturated/α-hetero) is 1. The number of rotatable bonds is 6. The quantitative estimate of drug-likeness (QED) is 0.553. The van der Waals surface area contributed by atoms with Gasteiger partial charge in [-0.15, -0.1) is 0 Å². The van der Waals surface area contributed by atoms with Crippen molar-refractivity contribution in [2.45, 2.75) is 46.1 Å². The van der Waals surface area contributed by atoms with Crippen LogP contribution < -0.4 is 0 Å². The van der Waals surface area contributed by atoms with E-state index in [0.29, 0.717) is 23.1 Å². The van der Waals surface area contributed by atoms with Crippen LogP contribution in [0.1, 0.15) is 46.1 Å². The molecule has 0 aliphatic heterocycles. The molecule has 28 heavy (non-hydrogen) atoms. The number of aliphatic hydroxyl groups is 1. The van der Waals surface area contributed by atoms with Gasteiger partial charge in [-0.1, -0.05) is 62.4 Å². The normalized spacial score (nSPS) is 23.0. The van der Waals surface area contributed by atoms with Crippen molar-refractivity contribution in [1.29, 1.82) is 0 Å². The molecule has 148 valence electrons. The Bertz CT molecular complexity index is 869. The van der Waals surface area contributed by atoms with E-state index in [0.717, 1.165) is 11.6 Å². The minimum Gasteiger partial charge on any atom is -0.478 e. The lowest BCUT2D eigenvalue weighted by Crippen LogP contribution is -2.49. The van der Waals surface area contributed by atoms with Gasteiger partial charge < -0.3 is 10.2 Å². The molecule has 2 N–H and O–H groups in total. The first-order valence-electron chi connectivity index (χ1n) is 9.35. The third-order valence-electron chi connectivity index (χ3n) is 5.37. The van der Waals surface area contributed by atoms with Crippen molar-refractivity contribution in [2.75, 3.05) is 0 Å². The van der Waals surface area contributed by atoms with Gasteiger partial charge in [0.15, 0.2) is 5.78 Å². The second-order valence-electron chi connectivity index (χ2n) is 7.93. The summed E-state index contributed by atoms with van der Waals surface area (Å²) in [5.74, 6) is -0.998. The summed E-state index contributed by atoms with van der Waals surface area (Å²) in [6.07, 6.45) is 8.86. The molecule has 4 heteroatoms. The number of carboxylic acid groups (broad SMARTS) is 1. The van der Waals surface area contributed by atoms with E-state index in [9.17, 15) is 14.7 Å².